The van der Waals surface area contributed by atoms with Gasteiger partial charge in [-0.25, -0.2) is 4.39 Å². The van der Waals surface area contributed by atoms with Crippen LogP contribution in [0.25, 0.3) is 0 Å². The van der Waals surface area contributed by atoms with Crippen LogP contribution in [0.15, 0.2) is 47.4 Å². The Kier molecular flexibility index (Phi) is 6.09. The van der Waals surface area contributed by atoms with E-state index in [0.29, 0.717) is 24.6 Å². The molecule has 0 radical (unpaired) electrons. The van der Waals surface area contributed by atoms with Crippen LogP contribution in [0.2, 0.25) is 0 Å². The average molecular weight is 397 g/mol. The van der Waals surface area contributed by atoms with Crippen molar-refractivity contribution in [3.8, 4) is 0 Å². The highest BCUT2D eigenvalue weighted by Gasteiger charge is 2.26. The molecular formula is C23H28FN3O2. The molecule has 6 heteroatoms. The number of piperidine rings is 1. The van der Waals surface area contributed by atoms with Crippen molar-refractivity contribution in [3.05, 3.63) is 64.3 Å². The van der Waals surface area contributed by atoms with Crippen LogP contribution in [-0.2, 0) is 17.9 Å². The Labute approximate surface area is 170 Å². The molecule has 1 aromatic carbocycles. The molecule has 1 aliphatic carbocycles. The molecule has 2 aromatic rings. The third-order valence-electron chi connectivity index (χ3n) is 5.92. The van der Waals surface area contributed by atoms with Crippen LogP contribution in [0.1, 0.15) is 44.1 Å². The molecule has 2 aliphatic rings. The lowest BCUT2D eigenvalue weighted by Gasteiger charge is -2.35. The van der Waals surface area contributed by atoms with Gasteiger partial charge in [-0.2, -0.15) is 0 Å². The number of anilines is 1. The maximum atomic E-state index is 13.0. The summed E-state index contributed by atoms with van der Waals surface area (Å²) < 4.78 is 14.9. The van der Waals surface area contributed by atoms with Crippen molar-refractivity contribution in [3.63, 3.8) is 0 Å². The summed E-state index contributed by atoms with van der Waals surface area (Å²) in [6.07, 6.45) is 7.81. The number of aromatic nitrogens is 1. The van der Waals surface area contributed by atoms with Gasteiger partial charge >= 0.3 is 0 Å². The van der Waals surface area contributed by atoms with E-state index >= 15 is 0 Å². The van der Waals surface area contributed by atoms with Gasteiger partial charge in [0, 0.05) is 43.0 Å². The Morgan fingerprint density at radius 1 is 1.10 bits per heavy atom. The van der Waals surface area contributed by atoms with E-state index in [1.54, 1.807) is 12.1 Å². The minimum absolute atomic E-state index is 0.0762. The van der Waals surface area contributed by atoms with E-state index < -0.39 is 0 Å². The lowest BCUT2D eigenvalue weighted by atomic mass is 9.98. The van der Waals surface area contributed by atoms with E-state index in [9.17, 15) is 14.0 Å². The first-order valence-corrected chi connectivity index (χ1v) is 10.6. The standard InChI is InChI=1S/C23H28FN3O2/c24-19-8-10-20(11-9-19)25-22(28)14-21-5-1-2-12-26(21)16-18-4-3-13-27(23(18)29)15-17-6-7-17/h3-4,8-11,13,17,21H,1-2,5-7,12,14-16H2,(H,25,28). The zero-order valence-corrected chi connectivity index (χ0v) is 16.6. The summed E-state index contributed by atoms with van der Waals surface area (Å²) in [5, 5.41) is 2.85. The predicted octanol–water partition coefficient (Wildman–Crippen LogP) is 3.78. The molecule has 2 fully saturated rings. The molecule has 4 rings (SSSR count). The number of rotatable bonds is 7. The summed E-state index contributed by atoms with van der Waals surface area (Å²) in [5.74, 6) is 0.255. The number of pyridine rings is 1. The molecule has 29 heavy (non-hydrogen) atoms. The van der Waals surface area contributed by atoms with Gasteiger partial charge in [-0.3, -0.25) is 14.5 Å². The third kappa shape index (κ3) is 5.32. The third-order valence-corrected chi connectivity index (χ3v) is 5.92. The van der Waals surface area contributed by atoms with Crippen molar-refractivity contribution in [2.75, 3.05) is 11.9 Å². The molecule has 1 aliphatic heterocycles. The van der Waals surface area contributed by atoms with E-state index in [4.69, 9.17) is 0 Å². The van der Waals surface area contributed by atoms with Crippen molar-refractivity contribution in [2.45, 2.75) is 57.7 Å². The van der Waals surface area contributed by atoms with E-state index in [1.165, 1.54) is 25.0 Å². The first-order valence-electron chi connectivity index (χ1n) is 10.6. The monoisotopic (exact) mass is 397 g/mol. The van der Waals surface area contributed by atoms with Crippen LogP contribution in [0.3, 0.4) is 0 Å². The van der Waals surface area contributed by atoms with E-state index in [-0.39, 0.29) is 23.3 Å². The Bertz CT molecular complexity index is 905. The zero-order valence-electron chi connectivity index (χ0n) is 16.6. The Hall–Kier alpha value is -2.47. The summed E-state index contributed by atoms with van der Waals surface area (Å²) in [4.78, 5) is 27.6. The van der Waals surface area contributed by atoms with Crippen molar-refractivity contribution in [1.82, 2.24) is 9.47 Å². The Morgan fingerprint density at radius 2 is 1.90 bits per heavy atom. The zero-order chi connectivity index (χ0) is 20.2. The number of hydrogen-bond donors (Lipinski definition) is 1. The molecule has 2 heterocycles. The quantitative estimate of drug-likeness (QED) is 0.774. The Morgan fingerprint density at radius 3 is 2.66 bits per heavy atom. The summed E-state index contributed by atoms with van der Waals surface area (Å²) in [6, 6.07) is 9.79. The van der Waals surface area contributed by atoms with Gasteiger partial charge in [0.25, 0.3) is 5.56 Å². The highest BCUT2D eigenvalue weighted by atomic mass is 19.1. The van der Waals surface area contributed by atoms with Crippen LogP contribution in [0, 0.1) is 11.7 Å². The first kappa shape index (κ1) is 19.8. The lowest BCUT2D eigenvalue weighted by Crippen LogP contribution is -2.42. The molecule has 1 aromatic heterocycles. The molecule has 1 amide bonds. The van der Waals surface area contributed by atoms with Gasteiger partial charge < -0.3 is 9.88 Å². The molecule has 0 bridgehead atoms. The van der Waals surface area contributed by atoms with Crippen LogP contribution < -0.4 is 10.9 Å². The highest BCUT2D eigenvalue weighted by Crippen LogP contribution is 2.30. The molecule has 1 N–H and O–H groups in total. The second kappa shape index (κ2) is 8.91. The molecule has 154 valence electrons. The van der Waals surface area contributed by atoms with Gasteiger partial charge in [0.2, 0.25) is 5.91 Å². The van der Waals surface area contributed by atoms with Crippen molar-refractivity contribution >= 4 is 11.6 Å². The molecule has 1 saturated carbocycles. The number of likely N-dealkylation sites (tertiary alicyclic amines) is 1. The van der Waals surface area contributed by atoms with E-state index in [1.807, 2.05) is 22.9 Å². The fourth-order valence-corrected chi connectivity index (χ4v) is 4.11. The topological polar surface area (TPSA) is 54.3 Å². The summed E-state index contributed by atoms with van der Waals surface area (Å²) in [5.41, 5.74) is 1.50. The van der Waals surface area contributed by atoms with Crippen LogP contribution in [-0.4, -0.2) is 28.0 Å². The van der Waals surface area contributed by atoms with Gasteiger partial charge in [0.1, 0.15) is 5.82 Å². The number of amides is 1. The molecular weight excluding hydrogens is 369 g/mol. The normalized spacial score (nSPS) is 19.8. The highest BCUT2D eigenvalue weighted by molar-refractivity contribution is 5.91. The summed E-state index contributed by atoms with van der Waals surface area (Å²) in [6.45, 7) is 2.29. The smallest absolute Gasteiger partial charge is 0.255 e. The number of hydrogen-bond acceptors (Lipinski definition) is 3. The van der Waals surface area contributed by atoms with Gasteiger partial charge in [0.05, 0.1) is 0 Å². The number of halogens is 1. The first-order chi connectivity index (χ1) is 14.1. The Balaban J connectivity index is 1.40. The van der Waals surface area contributed by atoms with Gasteiger partial charge in [-0.15, -0.1) is 0 Å². The number of nitrogens with one attached hydrogen (secondary N) is 1. The second-order valence-electron chi connectivity index (χ2n) is 8.31. The largest absolute Gasteiger partial charge is 0.326 e. The maximum Gasteiger partial charge on any atom is 0.255 e. The lowest BCUT2D eigenvalue weighted by molar-refractivity contribution is -0.117. The SMILES string of the molecule is O=C(CC1CCCCN1Cc1cccn(CC2CC2)c1=O)Nc1ccc(F)cc1. The minimum atomic E-state index is -0.323. The van der Waals surface area contributed by atoms with Gasteiger partial charge in [-0.05, 0) is 68.5 Å². The number of nitrogens with zero attached hydrogens (tertiary/aromatic N) is 2. The number of carbonyl (C=O) groups excluding carboxylic acids is 1. The minimum Gasteiger partial charge on any atom is -0.326 e. The molecule has 1 saturated heterocycles. The summed E-state index contributed by atoms with van der Waals surface area (Å²) >= 11 is 0. The number of benzene rings is 1. The van der Waals surface area contributed by atoms with Crippen LogP contribution in [0.4, 0.5) is 10.1 Å². The van der Waals surface area contributed by atoms with E-state index in [0.717, 1.165) is 37.9 Å². The molecule has 1 atom stereocenters. The molecule has 5 nitrogen and oxygen atoms in total. The van der Waals surface area contributed by atoms with Crippen molar-refractivity contribution < 1.29 is 9.18 Å². The fraction of sp³-hybridized carbons (Fsp3) is 0.478. The van der Waals surface area contributed by atoms with Crippen molar-refractivity contribution in [2.24, 2.45) is 5.92 Å². The van der Waals surface area contributed by atoms with Gasteiger partial charge in [-0.1, -0.05) is 12.5 Å². The van der Waals surface area contributed by atoms with Crippen LogP contribution >= 0.6 is 0 Å². The van der Waals surface area contributed by atoms with Gasteiger partial charge in [0.15, 0.2) is 0 Å². The summed E-state index contributed by atoms with van der Waals surface area (Å²) in [7, 11) is 0. The maximum absolute atomic E-state index is 13.0. The predicted molar refractivity (Wildman–Crippen MR) is 111 cm³/mol. The second-order valence-corrected chi connectivity index (χ2v) is 8.31. The molecule has 1 unspecified atom stereocenters. The van der Waals surface area contributed by atoms with Crippen molar-refractivity contribution in [1.29, 1.82) is 0 Å². The number of carbonyl (C=O) groups is 1. The molecule has 0 spiro atoms. The van der Waals surface area contributed by atoms with Crippen LogP contribution in [0.5, 0.6) is 0 Å². The van der Waals surface area contributed by atoms with E-state index in [2.05, 4.69) is 10.2 Å². The fourth-order valence-electron chi connectivity index (χ4n) is 4.11. The average Bonchev–Trinajstić information content (AvgIpc) is 3.52.